The summed E-state index contributed by atoms with van der Waals surface area (Å²) >= 11 is 6.26. The van der Waals surface area contributed by atoms with E-state index in [9.17, 15) is 18.9 Å². The van der Waals surface area contributed by atoms with Crippen LogP contribution in [0.25, 0.3) is 0 Å². The Bertz CT molecular complexity index is 886. The van der Waals surface area contributed by atoms with Gasteiger partial charge in [0.1, 0.15) is 0 Å². The lowest BCUT2D eigenvalue weighted by molar-refractivity contribution is -0.145. The van der Waals surface area contributed by atoms with Crippen LogP contribution in [0.1, 0.15) is 33.3 Å². The Hall–Kier alpha value is -0.0300. The van der Waals surface area contributed by atoms with Crippen molar-refractivity contribution < 1.29 is 37.5 Å². The van der Waals surface area contributed by atoms with Gasteiger partial charge in [0.25, 0.3) is 5.91 Å². The molecule has 0 radical (unpaired) electrons. The molecule has 180 valence electrons. The molecule has 0 spiro atoms. The molecule has 0 aliphatic heterocycles. The normalized spacial score (nSPS) is 12.2. The second-order valence-corrected chi connectivity index (χ2v) is 11.8. The maximum Gasteiger partial charge on any atom is 0.345 e. The van der Waals surface area contributed by atoms with Gasteiger partial charge in [-0.3, -0.25) is 18.9 Å². The SMILES string of the molecule is CCOC(=O)C(Cc1c(I)cc(I)c(NC(=O)COC(C)=O)c1I)P(=O)(OCC)OCC. The summed E-state index contributed by atoms with van der Waals surface area (Å²) in [6.45, 7) is 6.12. The molecule has 1 atom stereocenters. The third-order valence-corrected chi connectivity index (χ3v) is 9.29. The Morgan fingerprint density at radius 1 is 1.00 bits per heavy atom. The van der Waals surface area contributed by atoms with Gasteiger partial charge in [-0.15, -0.1) is 0 Å². The van der Waals surface area contributed by atoms with E-state index in [1.54, 1.807) is 20.8 Å². The lowest BCUT2D eigenvalue weighted by Crippen LogP contribution is -2.29. The molecule has 1 aromatic carbocycles. The smallest absolute Gasteiger partial charge is 0.345 e. The Morgan fingerprint density at radius 2 is 1.59 bits per heavy atom. The zero-order chi connectivity index (χ0) is 24.5. The van der Waals surface area contributed by atoms with Crippen LogP contribution in [0.2, 0.25) is 0 Å². The molecule has 1 N–H and O–H groups in total. The van der Waals surface area contributed by atoms with Crippen molar-refractivity contribution in [1.29, 1.82) is 0 Å². The average molecular weight is 807 g/mol. The number of amides is 1. The summed E-state index contributed by atoms with van der Waals surface area (Å²) in [6.07, 6.45) is 0.0242. The summed E-state index contributed by atoms with van der Waals surface area (Å²) in [7, 11) is -3.82. The van der Waals surface area contributed by atoms with Gasteiger partial charge in [0.2, 0.25) is 0 Å². The van der Waals surface area contributed by atoms with E-state index in [4.69, 9.17) is 18.5 Å². The Balaban J connectivity index is 3.40. The molecule has 1 rings (SSSR count). The van der Waals surface area contributed by atoms with Gasteiger partial charge in [0, 0.05) is 17.6 Å². The van der Waals surface area contributed by atoms with Gasteiger partial charge >= 0.3 is 19.5 Å². The number of rotatable bonds is 12. The molecule has 13 heteroatoms. The highest BCUT2D eigenvalue weighted by Gasteiger charge is 2.43. The van der Waals surface area contributed by atoms with Crippen LogP contribution in [0.15, 0.2) is 6.07 Å². The molecule has 0 saturated heterocycles. The first-order valence-electron chi connectivity index (χ1n) is 9.65. The summed E-state index contributed by atoms with van der Waals surface area (Å²) in [6, 6.07) is 1.83. The fraction of sp³-hybridized carbons (Fsp3) is 0.526. The highest BCUT2D eigenvalue weighted by molar-refractivity contribution is 14.1. The predicted octanol–water partition coefficient (Wildman–Crippen LogP) is 4.74. The summed E-state index contributed by atoms with van der Waals surface area (Å²) in [4.78, 5) is 35.9. The Labute approximate surface area is 228 Å². The lowest BCUT2D eigenvalue weighted by Gasteiger charge is -2.26. The van der Waals surface area contributed by atoms with E-state index in [-0.39, 0.29) is 26.2 Å². The minimum atomic E-state index is -3.82. The molecular weight excluding hydrogens is 782 g/mol. The van der Waals surface area contributed by atoms with E-state index in [1.165, 1.54) is 6.92 Å². The van der Waals surface area contributed by atoms with Crippen LogP contribution in [0.5, 0.6) is 0 Å². The first kappa shape index (κ1) is 30.0. The molecule has 0 aliphatic carbocycles. The summed E-state index contributed by atoms with van der Waals surface area (Å²) in [5.74, 6) is -1.74. The minimum Gasteiger partial charge on any atom is -0.465 e. The first-order chi connectivity index (χ1) is 15.0. The molecule has 0 aliphatic rings. The molecule has 1 unspecified atom stereocenters. The largest absolute Gasteiger partial charge is 0.465 e. The van der Waals surface area contributed by atoms with Gasteiger partial charge in [-0.2, -0.15) is 0 Å². The van der Waals surface area contributed by atoms with Crippen molar-refractivity contribution in [1.82, 2.24) is 0 Å². The van der Waals surface area contributed by atoms with Crippen molar-refractivity contribution in [3.05, 3.63) is 22.3 Å². The molecule has 0 fully saturated rings. The summed E-state index contributed by atoms with van der Waals surface area (Å²) < 4.78 is 36.5. The fourth-order valence-electron chi connectivity index (χ4n) is 2.61. The van der Waals surface area contributed by atoms with Crippen LogP contribution < -0.4 is 5.32 Å². The molecule has 1 amide bonds. The van der Waals surface area contributed by atoms with Crippen molar-refractivity contribution in [3.8, 4) is 0 Å². The maximum absolute atomic E-state index is 13.5. The number of esters is 2. The molecule has 0 saturated carbocycles. The number of nitrogens with one attached hydrogen (secondary N) is 1. The molecular formula is C19H25I3NO8P. The lowest BCUT2D eigenvalue weighted by atomic mass is 10.1. The average Bonchev–Trinajstić information content (AvgIpc) is 2.69. The number of benzene rings is 1. The number of hydrogen-bond acceptors (Lipinski definition) is 8. The number of anilines is 1. The third kappa shape index (κ3) is 8.64. The molecule has 0 bridgehead atoms. The van der Waals surface area contributed by atoms with Crippen LogP contribution in [0.3, 0.4) is 0 Å². The maximum atomic E-state index is 13.5. The van der Waals surface area contributed by atoms with Crippen molar-refractivity contribution in [2.24, 2.45) is 0 Å². The quantitative estimate of drug-likeness (QED) is 0.183. The van der Waals surface area contributed by atoms with E-state index < -0.39 is 37.7 Å². The fourth-order valence-corrected chi connectivity index (χ4v) is 8.58. The topological polar surface area (TPSA) is 117 Å². The zero-order valence-corrected chi connectivity index (χ0v) is 25.4. The van der Waals surface area contributed by atoms with Gasteiger partial charge in [0.15, 0.2) is 12.3 Å². The van der Waals surface area contributed by atoms with Crippen molar-refractivity contribution in [2.45, 2.75) is 39.8 Å². The van der Waals surface area contributed by atoms with Gasteiger partial charge < -0.3 is 23.8 Å². The van der Waals surface area contributed by atoms with E-state index in [2.05, 4.69) is 73.1 Å². The number of hydrogen-bond donors (Lipinski definition) is 1. The molecule has 0 aromatic heterocycles. The second kappa shape index (κ2) is 14.4. The number of ether oxygens (including phenoxy) is 2. The van der Waals surface area contributed by atoms with Gasteiger partial charge in [-0.1, -0.05) is 0 Å². The van der Waals surface area contributed by atoms with E-state index in [0.717, 1.165) is 7.14 Å². The molecule has 0 heterocycles. The van der Waals surface area contributed by atoms with Crippen molar-refractivity contribution in [3.63, 3.8) is 0 Å². The molecule has 9 nitrogen and oxygen atoms in total. The third-order valence-electron chi connectivity index (χ3n) is 3.89. The summed E-state index contributed by atoms with van der Waals surface area (Å²) in [5.41, 5.74) is 0.0187. The van der Waals surface area contributed by atoms with Gasteiger partial charge in [-0.25, -0.2) is 0 Å². The van der Waals surface area contributed by atoms with Crippen LogP contribution in [-0.4, -0.2) is 49.9 Å². The summed E-state index contributed by atoms with van der Waals surface area (Å²) in [5, 5.41) is 2.74. The highest BCUT2D eigenvalue weighted by atomic mass is 127. The number of carbonyl (C=O) groups is 3. The van der Waals surface area contributed by atoms with Crippen molar-refractivity contribution >= 4 is 98.9 Å². The zero-order valence-electron chi connectivity index (χ0n) is 18.0. The Morgan fingerprint density at radius 3 is 2.09 bits per heavy atom. The first-order valence-corrected chi connectivity index (χ1v) is 14.5. The van der Waals surface area contributed by atoms with E-state index in [1.807, 2.05) is 6.07 Å². The van der Waals surface area contributed by atoms with E-state index >= 15 is 0 Å². The monoisotopic (exact) mass is 807 g/mol. The minimum absolute atomic E-state index is 0.0242. The van der Waals surface area contributed by atoms with E-state index in [0.29, 0.717) is 14.8 Å². The standard InChI is InChI=1S/C19H25I3NO8P/c1-5-28-19(26)15(32(27,30-6-2)31-7-3)8-12-13(20)9-14(21)18(17(12)22)23-16(25)10-29-11(4)24/h9,15H,5-8,10H2,1-4H3,(H,23,25). The van der Waals surface area contributed by atoms with Crippen molar-refractivity contribution in [2.75, 3.05) is 31.7 Å². The molecule has 1 aromatic rings. The second-order valence-electron chi connectivity index (χ2n) is 6.18. The number of halogens is 3. The highest BCUT2D eigenvalue weighted by Crippen LogP contribution is 2.55. The van der Waals surface area contributed by atoms with Gasteiger partial charge in [0.05, 0.1) is 25.5 Å². The number of carbonyl (C=O) groups excluding carboxylic acids is 3. The van der Waals surface area contributed by atoms with Crippen LogP contribution in [0.4, 0.5) is 5.69 Å². The van der Waals surface area contributed by atoms with Gasteiger partial charge in [-0.05, 0) is 107 Å². The van der Waals surface area contributed by atoms with Crippen LogP contribution >= 0.6 is 75.4 Å². The molecule has 32 heavy (non-hydrogen) atoms. The Kier molecular flexibility index (Phi) is 13.5. The van der Waals surface area contributed by atoms with Crippen LogP contribution in [-0.2, 0) is 43.9 Å². The van der Waals surface area contributed by atoms with Crippen LogP contribution in [0, 0.1) is 10.7 Å². The predicted molar refractivity (Wildman–Crippen MR) is 145 cm³/mol.